The Bertz CT molecular complexity index is 753. The third-order valence-electron chi connectivity index (χ3n) is 10.2. The van der Waals surface area contributed by atoms with Gasteiger partial charge >= 0.3 is 17.9 Å². The lowest BCUT2D eigenvalue weighted by atomic mass is 9.99. The first-order chi connectivity index (χ1) is 24.4. The molecule has 0 N–H and O–H groups in total. The van der Waals surface area contributed by atoms with Crippen molar-refractivity contribution in [2.24, 2.45) is 5.92 Å². The summed E-state index contributed by atoms with van der Waals surface area (Å²) < 4.78 is 16.4. The standard InChI is InChI=1S/C44H84O6/c1-5-8-10-26-31-35-42(45)48-38-41(50-44(47)37-33-27-11-9-6-2)39-49-43(46)36-32-29-25-23-21-19-17-15-13-12-14-16-18-20-22-24-28-30-34-40(4)7-3/h40-41H,5-39H2,1-4H3/t40?,41-/m0/s1. The van der Waals surface area contributed by atoms with E-state index in [1.807, 2.05) is 0 Å². The molecule has 0 aliphatic rings. The minimum absolute atomic E-state index is 0.0665. The van der Waals surface area contributed by atoms with Gasteiger partial charge in [-0.3, -0.25) is 14.4 Å². The van der Waals surface area contributed by atoms with Crippen molar-refractivity contribution in [2.75, 3.05) is 13.2 Å². The maximum atomic E-state index is 12.4. The Morgan fingerprint density at radius 2 is 0.700 bits per heavy atom. The first-order valence-corrected chi connectivity index (χ1v) is 21.9. The van der Waals surface area contributed by atoms with Crippen LogP contribution in [0.25, 0.3) is 0 Å². The molecule has 0 rings (SSSR count). The first-order valence-electron chi connectivity index (χ1n) is 21.9. The van der Waals surface area contributed by atoms with E-state index in [4.69, 9.17) is 14.2 Å². The minimum atomic E-state index is -0.755. The molecular weight excluding hydrogens is 624 g/mol. The number of carbonyl (C=O) groups is 3. The van der Waals surface area contributed by atoms with Crippen molar-refractivity contribution in [1.82, 2.24) is 0 Å². The van der Waals surface area contributed by atoms with Crippen LogP contribution in [-0.4, -0.2) is 37.2 Å². The van der Waals surface area contributed by atoms with Gasteiger partial charge in [0.05, 0.1) is 0 Å². The van der Waals surface area contributed by atoms with E-state index in [1.165, 1.54) is 122 Å². The number of carbonyl (C=O) groups excluding carboxylic acids is 3. The highest BCUT2D eigenvalue weighted by Crippen LogP contribution is 2.17. The Morgan fingerprint density at radius 3 is 1.04 bits per heavy atom. The van der Waals surface area contributed by atoms with Gasteiger partial charge in [0.2, 0.25) is 0 Å². The summed E-state index contributed by atoms with van der Waals surface area (Å²) in [6.07, 6.45) is 37.3. The summed E-state index contributed by atoms with van der Waals surface area (Å²) in [6, 6.07) is 0. The Kier molecular flexibility index (Phi) is 37.4. The molecule has 0 saturated carbocycles. The van der Waals surface area contributed by atoms with Crippen LogP contribution in [0.1, 0.15) is 240 Å². The highest BCUT2D eigenvalue weighted by atomic mass is 16.6. The van der Waals surface area contributed by atoms with Crippen molar-refractivity contribution >= 4 is 17.9 Å². The van der Waals surface area contributed by atoms with Crippen molar-refractivity contribution in [2.45, 2.75) is 246 Å². The molecule has 0 aromatic heterocycles. The third-order valence-corrected chi connectivity index (χ3v) is 10.2. The molecule has 0 saturated heterocycles. The second-order valence-electron chi connectivity index (χ2n) is 15.2. The summed E-state index contributed by atoms with van der Waals surface area (Å²) in [5.41, 5.74) is 0. The maximum absolute atomic E-state index is 12.4. The second kappa shape index (κ2) is 38.6. The van der Waals surface area contributed by atoms with Crippen LogP contribution in [0.3, 0.4) is 0 Å². The predicted octanol–water partition coefficient (Wildman–Crippen LogP) is 13.6. The van der Waals surface area contributed by atoms with E-state index in [0.717, 1.165) is 76.5 Å². The lowest BCUT2D eigenvalue weighted by Gasteiger charge is -2.18. The molecule has 2 atom stereocenters. The van der Waals surface area contributed by atoms with Crippen molar-refractivity contribution in [3.8, 4) is 0 Å². The van der Waals surface area contributed by atoms with Crippen LogP contribution in [0.15, 0.2) is 0 Å². The molecular formula is C44H84O6. The monoisotopic (exact) mass is 709 g/mol. The van der Waals surface area contributed by atoms with Crippen LogP contribution in [-0.2, 0) is 28.6 Å². The van der Waals surface area contributed by atoms with Gasteiger partial charge in [0, 0.05) is 19.3 Å². The van der Waals surface area contributed by atoms with Gasteiger partial charge in [-0.05, 0) is 25.2 Å². The van der Waals surface area contributed by atoms with Crippen LogP contribution in [0, 0.1) is 5.92 Å². The summed E-state index contributed by atoms with van der Waals surface area (Å²) in [6.45, 7) is 8.88. The van der Waals surface area contributed by atoms with Gasteiger partial charge in [0.1, 0.15) is 13.2 Å². The van der Waals surface area contributed by atoms with Gasteiger partial charge in [-0.25, -0.2) is 0 Å². The van der Waals surface area contributed by atoms with Gasteiger partial charge in [0.25, 0.3) is 0 Å². The zero-order valence-electron chi connectivity index (χ0n) is 33.9. The molecule has 6 nitrogen and oxygen atoms in total. The van der Waals surface area contributed by atoms with Crippen molar-refractivity contribution < 1.29 is 28.6 Å². The summed E-state index contributed by atoms with van der Waals surface area (Å²) in [7, 11) is 0. The molecule has 0 spiro atoms. The molecule has 50 heavy (non-hydrogen) atoms. The van der Waals surface area contributed by atoms with Crippen molar-refractivity contribution in [1.29, 1.82) is 0 Å². The molecule has 0 bridgehead atoms. The van der Waals surface area contributed by atoms with Gasteiger partial charge in [-0.2, -0.15) is 0 Å². The molecule has 0 aliphatic carbocycles. The van der Waals surface area contributed by atoms with E-state index in [2.05, 4.69) is 27.7 Å². The van der Waals surface area contributed by atoms with Crippen LogP contribution in [0.2, 0.25) is 0 Å². The Balaban J connectivity index is 3.90. The third kappa shape index (κ3) is 36.2. The summed E-state index contributed by atoms with van der Waals surface area (Å²) in [4.78, 5) is 37.1. The van der Waals surface area contributed by atoms with E-state index in [-0.39, 0.29) is 31.1 Å². The molecule has 0 heterocycles. The number of hydrogen-bond acceptors (Lipinski definition) is 6. The Hall–Kier alpha value is -1.59. The molecule has 0 fully saturated rings. The zero-order valence-corrected chi connectivity index (χ0v) is 33.9. The number of unbranched alkanes of at least 4 members (excludes halogenated alkanes) is 25. The smallest absolute Gasteiger partial charge is 0.306 e. The van der Waals surface area contributed by atoms with Gasteiger partial charge in [0.15, 0.2) is 6.10 Å². The van der Waals surface area contributed by atoms with Crippen LogP contribution >= 0.6 is 0 Å². The number of ether oxygens (including phenoxy) is 3. The highest BCUT2D eigenvalue weighted by Gasteiger charge is 2.19. The molecule has 0 amide bonds. The fourth-order valence-electron chi connectivity index (χ4n) is 6.42. The molecule has 0 aromatic rings. The van der Waals surface area contributed by atoms with E-state index in [1.54, 1.807) is 0 Å². The Morgan fingerprint density at radius 1 is 0.400 bits per heavy atom. The molecule has 0 aromatic carbocycles. The minimum Gasteiger partial charge on any atom is -0.462 e. The maximum Gasteiger partial charge on any atom is 0.306 e. The summed E-state index contributed by atoms with van der Waals surface area (Å²) in [5.74, 6) is 0.0225. The average molecular weight is 709 g/mol. The summed E-state index contributed by atoms with van der Waals surface area (Å²) >= 11 is 0. The van der Waals surface area contributed by atoms with Gasteiger partial charge in [-0.1, -0.05) is 201 Å². The van der Waals surface area contributed by atoms with E-state index >= 15 is 0 Å². The summed E-state index contributed by atoms with van der Waals surface area (Å²) in [5, 5.41) is 0. The molecule has 6 heteroatoms. The quantitative estimate of drug-likeness (QED) is 0.0359. The fraction of sp³-hybridized carbons (Fsp3) is 0.932. The van der Waals surface area contributed by atoms with Crippen LogP contribution < -0.4 is 0 Å². The molecule has 296 valence electrons. The SMILES string of the molecule is CCCCCCCC(=O)OC[C@@H](COC(=O)CCCCCCCCCCCCCCCCCCCCC(C)CC)OC(=O)CCCCCCC. The molecule has 0 aliphatic heterocycles. The lowest BCUT2D eigenvalue weighted by Crippen LogP contribution is -2.30. The first kappa shape index (κ1) is 48.4. The van der Waals surface area contributed by atoms with E-state index in [9.17, 15) is 14.4 Å². The molecule has 0 radical (unpaired) electrons. The van der Waals surface area contributed by atoms with E-state index in [0.29, 0.717) is 19.3 Å². The second-order valence-corrected chi connectivity index (χ2v) is 15.2. The Labute approximate surface area is 310 Å². The van der Waals surface area contributed by atoms with Gasteiger partial charge in [-0.15, -0.1) is 0 Å². The zero-order chi connectivity index (χ0) is 36.8. The van der Waals surface area contributed by atoms with Gasteiger partial charge < -0.3 is 14.2 Å². The highest BCUT2D eigenvalue weighted by molar-refractivity contribution is 5.71. The van der Waals surface area contributed by atoms with Crippen molar-refractivity contribution in [3.05, 3.63) is 0 Å². The predicted molar refractivity (Wildman–Crippen MR) is 210 cm³/mol. The van der Waals surface area contributed by atoms with Crippen molar-refractivity contribution in [3.63, 3.8) is 0 Å². The number of rotatable bonds is 39. The van der Waals surface area contributed by atoms with Crippen LogP contribution in [0.4, 0.5) is 0 Å². The number of esters is 3. The average Bonchev–Trinajstić information content (AvgIpc) is 3.11. The fourth-order valence-corrected chi connectivity index (χ4v) is 6.42. The van der Waals surface area contributed by atoms with E-state index < -0.39 is 6.10 Å². The largest absolute Gasteiger partial charge is 0.462 e. The van der Waals surface area contributed by atoms with Crippen LogP contribution in [0.5, 0.6) is 0 Å². The molecule has 1 unspecified atom stereocenters. The topological polar surface area (TPSA) is 78.9 Å². The lowest BCUT2D eigenvalue weighted by molar-refractivity contribution is -0.167. The number of hydrogen-bond donors (Lipinski definition) is 0. The normalized spacial score (nSPS) is 12.5.